The summed E-state index contributed by atoms with van der Waals surface area (Å²) >= 11 is 0. The predicted molar refractivity (Wildman–Crippen MR) is 114 cm³/mol. The third kappa shape index (κ3) is 7.73. The van der Waals surface area contributed by atoms with Crippen molar-refractivity contribution in [2.45, 2.75) is 51.8 Å². The van der Waals surface area contributed by atoms with Crippen molar-refractivity contribution >= 4 is 5.96 Å². The molecule has 1 aromatic rings. The van der Waals surface area contributed by atoms with Gasteiger partial charge >= 0.3 is 0 Å². The summed E-state index contributed by atoms with van der Waals surface area (Å²) in [5.74, 6) is 0.956. The molecule has 0 aliphatic carbocycles. The minimum Gasteiger partial charge on any atom is -0.393 e. The van der Waals surface area contributed by atoms with Crippen LogP contribution in [0.5, 0.6) is 0 Å². The Morgan fingerprint density at radius 1 is 1.30 bits per heavy atom. The Hall–Kier alpha value is -1.85. The van der Waals surface area contributed by atoms with Crippen LogP contribution >= 0.6 is 0 Å². The molecule has 150 valence electrons. The number of aliphatic imine (C=N–C) groups is 1. The number of piperidine rings is 1. The molecule has 5 heteroatoms. The number of nitrogens with zero attached hydrogens (tertiary/aromatic N) is 3. The number of unbranched alkanes of at least 4 members (excludes halogenated alkanes) is 1. The average molecular weight is 373 g/mol. The lowest BCUT2D eigenvalue weighted by atomic mass is 10.1. The van der Waals surface area contributed by atoms with E-state index in [1.54, 1.807) is 0 Å². The molecule has 2 N–H and O–H groups in total. The van der Waals surface area contributed by atoms with Crippen LogP contribution in [0.3, 0.4) is 0 Å². The standard InChI is InChI=1S/C22H36N4O/c1-4-6-7-14-25(3)22(23-5-2)24-17-19-8-10-20(11-9-19)18-26-15-12-21(27)13-16-26/h4,8-11,21,27H,1,5-7,12-18H2,2-3H3,(H,23,24). The number of allylic oxidation sites excluding steroid dienone is 1. The Labute approximate surface area is 164 Å². The fourth-order valence-electron chi connectivity index (χ4n) is 3.30. The smallest absolute Gasteiger partial charge is 0.193 e. The lowest BCUT2D eigenvalue weighted by molar-refractivity contribution is 0.0792. The van der Waals surface area contributed by atoms with E-state index in [0.717, 1.165) is 64.4 Å². The van der Waals surface area contributed by atoms with Gasteiger partial charge in [0, 0.05) is 39.8 Å². The molecule has 5 nitrogen and oxygen atoms in total. The van der Waals surface area contributed by atoms with E-state index < -0.39 is 0 Å². The van der Waals surface area contributed by atoms with Crippen molar-refractivity contribution in [3.05, 3.63) is 48.0 Å². The van der Waals surface area contributed by atoms with Crippen LogP contribution in [0.2, 0.25) is 0 Å². The number of benzene rings is 1. The number of likely N-dealkylation sites (tertiary alicyclic amines) is 1. The molecule has 0 atom stereocenters. The second-order valence-corrected chi connectivity index (χ2v) is 7.35. The predicted octanol–water partition coefficient (Wildman–Crippen LogP) is 3.01. The molecule has 0 amide bonds. The van der Waals surface area contributed by atoms with Crippen LogP contribution in [0, 0.1) is 0 Å². The summed E-state index contributed by atoms with van der Waals surface area (Å²) in [5.41, 5.74) is 2.55. The van der Waals surface area contributed by atoms with E-state index in [4.69, 9.17) is 4.99 Å². The van der Waals surface area contributed by atoms with Gasteiger partial charge in [-0.3, -0.25) is 4.90 Å². The lowest BCUT2D eigenvalue weighted by Gasteiger charge is -2.29. The maximum absolute atomic E-state index is 9.62. The van der Waals surface area contributed by atoms with E-state index in [0.29, 0.717) is 6.54 Å². The third-order valence-corrected chi connectivity index (χ3v) is 5.00. The maximum atomic E-state index is 9.62. The number of hydrogen-bond acceptors (Lipinski definition) is 3. The second kappa shape index (κ2) is 11.8. The van der Waals surface area contributed by atoms with Crippen LogP contribution < -0.4 is 5.32 Å². The van der Waals surface area contributed by atoms with Gasteiger partial charge in [-0.15, -0.1) is 6.58 Å². The van der Waals surface area contributed by atoms with Crippen molar-refractivity contribution in [1.82, 2.24) is 15.1 Å². The van der Waals surface area contributed by atoms with Gasteiger partial charge in [0.15, 0.2) is 5.96 Å². The molecule has 27 heavy (non-hydrogen) atoms. The van der Waals surface area contributed by atoms with Gasteiger partial charge in [0.25, 0.3) is 0 Å². The molecule has 0 spiro atoms. The molecule has 1 aliphatic heterocycles. The largest absolute Gasteiger partial charge is 0.393 e. The summed E-state index contributed by atoms with van der Waals surface area (Å²) in [4.78, 5) is 9.39. The van der Waals surface area contributed by atoms with E-state index in [-0.39, 0.29) is 6.10 Å². The Morgan fingerprint density at radius 2 is 1.96 bits per heavy atom. The zero-order valence-electron chi connectivity index (χ0n) is 17.0. The number of nitrogens with one attached hydrogen (secondary N) is 1. The molecule has 2 rings (SSSR count). The van der Waals surface area contributed by atoms with E-state index in [2.05, 4.69) is 59.9 Å². The van der Waals surface area contributed by atoms with E-state index in [1.165, 1.54) is 11.1 Å². The lowest BCUT2D eigenvalue weighted by Crippen LogP contribution is -2.39. The van der Waals surface area contributed by atoms with Crippen LogP contribution in [0.15, 0.2) is 41.9 Å². The van der Waals surface area contributed by atoms with Gasteiger partial charge < -0.3 is 15.3 Å². The molecule has 0 unspecified atom stereocenters. The Bertz CT molecular complexity index is 576. The number of aliphatic hydroxyl groups is 1. The van der Waals surface area contributed by atoms with E-state index in [1.807, 2.05) is 6.08 Å². The molecule has 1 fully saturated rings. The summed E-state index contributed by atoms with van der Waals surface area (Å²) in [6, 6.07) is 8.77. The van der Waals surface area contributed by atoms with Crippen molar-refractivity contribution in [2.75, 3.05) is 33.2 Å². The summed E-state index contributed by atoms with van der Waals surface area (Å²) in [5, 5.41) is 13.0. The Morgan fingerprint density at radius 3 is 2.59 bits per heavy atom. The maximum Gasteiger partial charge on any atom is 0.193 e. The molecule has 1 saturated heterocycles. The van der Waals surface area contributed by atoms with Crippen molar-refractivity contribution in [3.8, 4) is 0 Å². The minimum atomic E-state index is -0.109. The topological polar surface area (TPSA) is 51.1 Å². The van der Waals surface area contributed by atoms with Gasteiger partial charge in [-0.1, -0.05) is 30.3 Å². The summed E-state index contributed by atoms with van der Waals surface area (Å²) in [6.45, 7) is 11.3. The van der Waals surface area contributed by atoms with Gasteiger partial charge in [0.05, 0.1) is 12.6 Å². The second-order valence-electron chi connectivity index (χ2n) is 7.35. The molecule has 1 aliphatic rings. The highest BCUT2D eigenvalue weighted by molar-refractivity contribution is 5.79. The van der Waals surface area contributed by atoms with Crippen LogP contribution in [-0.2, 0) is 13.1 Å². The first-order valence-electron chi connectivity index (χ1n) is 10.2. The fraction of sp³-hybridized carbons (Fsp3) is 0.591. The van der Waals surface area contributed by atoms with Gasteiger partial charge in [-0.25, -0.2) is 4.99 Å². The van der Waals surface area contributed by atoms with Crippen LogP contribution in [-0.4, -0.2) is 60.2 Å². The van der Waals surface area contributed by atoms with Crippen LogP contribution in [0.25, 0.3) is 0 Å². The first kappa shape index (κ1) is 21.5. The van der Waals surface area contributed by atoms with Crippen molar-refractivity contribution in [1.29, 1.82) is 0 Å². The van der Waals surface area contributed by atoms with E-state index >= 15 is 0 Å². The Balaban J connectivity index is 1.87. The summed E-state index contributed by atoms with van der Waals surface area (Å²) < 4.78 is 0. The quantitative estimate of drug-likeness (QED) is 0.303. The van der Waals surface area contributed by atoms with Gasteiger partial charge in [0.1, 0.15) is 0 Å². The third-order valence-electron chi connectivity index (χ3n) is 5.00. The Kier molecular flexibility index (Phi) is 9.36. The molecule has 0 aromatic heterocycles. The number of hydrogen-bond donors (Lipinski definition) is 2. The fourth-order valence-corrected chi connectivity index (χ4v) is 3.30. The summed E-state index contributed by atoms with van der Waals surface area (Å²) in [7, 11) is 2.09. The highest BCUT2D eigenvalue weighted by Gasteiger charge is 2.16. The van der Waals surface area contributed by atoms with Gasteiger partial charge in [-0.2, -0.15) is 0 Å². The first-order chi connectivity index (χ1) is 13.1. The number of aliphatic hydroxyl groups excluding tert-OH is 1. The number of guanidine groups is 1. The molecule has 0 saturated carbocycles. The van der Waals surface area contributed by atoms with Crippen LogP contribution in [0.4, 0.5) is 0 Å². The van der Waals surface area contributed by atoms with E-state index in [9.17, 15) is 5.11 Å². The normalized spacial score (nSPS) is 16.3. The zero-order chi connectivity index (χ0) is 19.5. The zero-order valence-corrected chi connectivity index (χ0v) is 17.0. The molecule has 0 radical (unpaired) electrons. The van der Waals surface area contributed by atoms with Crippen molar-refractivity contribution < 1.29 is 5.11 Å². The van der Waals surface area contributed by atoms with Gasteiger partial charge in [0.2, 0.25) is 0 Å². The average Bonchev–Trinajstić information content (AvgIpc) is 2.68. The SMILES string of the molecule is C=CCCCN(C)C(=NCc1ccc(CN2CCC(O)CC2)cc1)NCC. The molecule has 1 heterocycles. The minimum absolute atomic E-state index is 0.109. The summed E-state index contributed by atoms with van der Waals surface area (Å²) in [6.07, 6.45) is 5.75. The number of rotatable bonds is 9. The van der Waals surface area contributed by atoms with Crippen LogP contribution in [0.1, 0.15) is 43.7 Å². The van der Waals surface area contributed by atoms with Crippen molar-refractivity contribution in [3.63, 3.8) is 0 Å². The molecule has 0 bridgehead atoms. The molecule has 1 aromatic carbocycles. The van der Waals surface area contributed by atoms with Crippen molar-refractivity contribution in [2.24, 2.45) is 4.99 Å². The molecular formula is C22H36N4O. The monoisotopic (exact) mass is 372 g/mol. The first-order valence-corrected chi connectivity index (χ1v) is 10.2. The highest BCUT2D eigenvalue weighted by atomic mass is 16.3. The molecular weight excluding hydrogens is 336 g/mol. The van der Waals surface area contributed by atoms with Gasteiger partial charge in [-0.05, 0) is 43.7 Å². The highest BCUT2D eigenvalue weighted by Crippen LogP contribution is 2.14.